The normalized spacial score (nSPS) is 20.1. The van der Waals surface area contributed by atoms with Gasteiger partial charge in [-0.05, 0) is 26.0 Å². The highest BCUT2D eigenvalue weighted by atomic mass is 35.5. The van der Waals surface area contributed by atoms with Gasteiger partial charge in [-0.2, -0.15) is 0 Å². The Kier molecular flexibility index (Phi) is 3.64. The number of carbonyl (C=O) groups is 2. The van der Waals surface area contributed by atoms with E-state index in [1.54, 1.807) is 23.1 Å². The first kappa shape index (κ1) is 13.4. The third-order valence-corrected chi connectivity index (χ3v) is 3.75. The van der Waals surface area contributed by atoms with Crippen LogP contribution in [0.2, 0.25) is 10.0 Å². The lowest BCUT2D eigenvalue weighted by Gasteiger charge is -2.20. The number of carbonyl (C=O) groups excluding carboxylic acids is 2. The predicted molar refractivity (Wildman–Crippen MR) is 71.1 cm³/mol. The van der Waals surface area contributed by atoms with Crippen LogP contribution < -0.4 is 0 Å². The topological polar surface area (TPSA) is 37.4 Å². The summed E-state index contributed by atoms with van der Waals surface area (Å²) in [5, 5.41) is 0.722. The molecule has 5 heteroatoms. The average molecular weight is 286 g/mol. The number of rotatable bonds is 2. The number of hydrogen-bond acceptors (Lipinski definition) is 2. The number of likely N-dealkylation sites (tertiary alicyclic amines) is 1. The molecule has 96 valence electrons. The van der Waals surface area contributed by atoms with Gasteiger partial charge in [-0.3, -0.25) is 9.59 Å². The maximum absolute atomic E-state index is 12.3. The SMILES string of the molecule is CC(C)N1CC(=O)C(c2c(Cl)cccc2Cl)C1=O. The number of ketones is 1. The van der Waals surface area contributed by atoms with Crippen molar-refractivity contribution >= 4 is 34.9 Å². The van der Waals surface area contributed by atoms with Crippen molar-refractivity contribution in [3.8, 4) is 0 Å². The maximum atomic E-state index is 12.3. The third-order valence-electron chi connectivity index (χ3n) is 3.09. The first-order valence-corrected chi connectivity index (χ1v) is 6.46. The molecule has 0 bridgehead atoms. The van der Waals surface area contributed by atoms with Gasteiger partial charge in [0.15, 0.2) is 5.78 Å². The largest absolute Gasteiger partial charge is 0.332 e. The molecule has 2 rings (SSSR count). The van der Waals surface area contributed by atoms with E-state index in [1.165, 1.54) is 0 Å². The van der Waals surface area contributed by atoms with Gasteiger partial charge in [-0.1, -0.05) is 29.3 Å². The second kappa shape index (κ2) is 4.90. The first-order valence-electron chi connectivity index (χ1n) is 5.70. The fourth-order valence-electron chi connectivity index (χ4n) is 2.15. The Morgan fingerprint density at radius 3 is 2.22 bits per heavy atom. The van der Waals surface area contributed by atoms with E-state index in [2.05, 4.69) is 0 Å². The summed E-state index contributed by atoms with van der Waals surface area (Å²) in [6, 6.07) is 4.97. The van der Waals surface area contributed by atoms with Crippen LogP contribution in [0.15, 0.2) is 18.2 Å². The standard InChI is InChI=1S/C13H13Cl2NO2/c1-7(2)16-6-10(17)12(13(16)18)11-8(14)4-3-5-9(11)15/h3-5,7,12H,6H2,1-2H3. The smallest absolute Gasteiger partial charge is 0.238 e. The molecule has 1 heterocycles. The molecule has 1 atom stereocenters. The van der Waals surface area contributed by atoms with E-state index in [1.807, 2.05) is 13.8 Å². The van der Waals surface area contributed by atoms with Gasteiger partial charge < -0.3 is 4.90 Å². The minimum Gasteiger partial charge on any atom is -0.332 e. The first-order chi connectivity index (χ1) is 8.43. The highest BCUT2D eigenvalue weighted by Gasteiger charge is 2.42. The summed E-state index contributed by atoms with van der Waals surface area (Å²) < 4.78 is 0. The van der Waals surface area contributed by atoms with Crippen molar-refractivity contribution < 1.29 is 9.59 Å². The molecule has 1 amide bonds. The second-order valence-corrected chi connectivity index (χ2v) is 5.41. The van der Waals surface area contributed by atoms with Gasteiger partial charge in [0.2, 0.25) is 5.91 Å². The number of amides is 1. The molecule has 0 saturated carbocycles. The fraction of sp³-hybridized carbons (Fsp3) is 0.385. The van der Waals surface area contributed by atoms with Crippen LogP contribution in [0.25, 0.3) is 0 Å². The zero-order valence-electron chi connectivity index (χ0n) is 10.1. The van der Waals surface area contributed by atoms with E-state index in [4.69, 9.17) is 23.2 Å². The molecule has 1 aromatic carbocycles. The van der Waals surface area contributed by atoms with Crippen LogP contribution in [-0.4, -0.2) is 29.2 Å². The van der Waals surface area contributed by atoms with E-state index in [0.29, 0.717) is 15.6 Å². The maximum Gasteiger partial charge on any atom is 0.238 e. The number of nitrogens with zero attached hydrogens (tertiary/aromatic N) is 1. The van der Waals surface area contributed by atoms with Gasteiger partial charge in [0.25, 0.3) is 0 Å². The minimum absolute atomic E-state index is 0.00675. The molecule has 18 heavy (non-hydrogen) atoms. The predicted octanol–water partition coefficient (Wildman–Crippen LogP) is 2.90. The van der Waals surface area contributed by atoms with Crippen molar-refractivity contribution in [3.63, 3.8) is 0 Å². The number of halogens is 2. The molecule has 1 aromatic rings. The molecule has 0 aromatic heterocycles. The molecular formula is C13H13Cl2NO2. The molecule has 0 aliphatic carbocycles. The molecule has 0 N–H and O–H groups in total. The monoisotopic (exact) mass is 285 g/mol. The highest BCUT2D eigenvalue weighted by Crippen LogP contribution is 2.36. The van der Waals surface area contributed by atoms with Crippen molar-refractivity contribution in [2.24, 2.45) is 0 Å². The number of Topliss-reactive ketones (excluding diaryl/α,β-unsaturated/α-hetero) is 1. The molecule has 1 saturated heterocycles. The number of hydrogen-bond donors (Lipinski definition) is 0. The summed E-state index contributed by atoms with van der Waals surface area (Å²) in [7, 11) is 0. The van der Waals surface area contributed by atoms with Crippen LogP contribution in [0.1, 0.15) is 25.3 Å². The van der Waals surface area contributed by atoms with E-state index in [9.17, 15) is 9.59 Å². The van der Waals surface area contributed by atoms with Crippen molar-refractivity contribution in [2.75, 3.05) is 6.54 Å². The van der Waals surface area contributed by atoms with Crippen LogP contribution in [0, 0.1) is 0 Å². The molecule has 3 nitrogen and oxygen atoms in total. The molecule has 0 radical (unpaired) electrons. The van der Waals surface area contributed by atoms with Crippen LogP contribution >= 0.6 is 23.2 Å². The number of benzene rings is 1. The Hall–Kier alpha value is -1.06. The second-order valence-electron chi connectivity index (χ2n) is 4.59. The zero-order valence-corrected chi connectivity index (χ0v) is 11.6. The summed E-state index contributed by atoms with van der Waals surface area (Å²) in [5.74, 6) is -1.22. The summed E-state index contributed by atoms with van der Waals surface area (Å²) in [6.07, 6.45) is 0. The van der Waals surface area contributed by atoms with Crippen LogP contribution in [-0.2, 0) is 9.59 Å². The van der Waals surface area contributed by atoms with E-state index in [-0.39, 0.29) is 24.3 Å². The lowest BCUT2D eigenvalue weighted by atomic mass is 9.96. The van der Waals surface area contributed by atoms with Gasteiger partial charge in [-0.25, -0.2) is 0 Å². The van der Waals surface area contributed by atoms with Gasteiger partial charge in [0.05, 0.1) is 6.54 Å². The van der Waals surface area contributed by atoms with E-state index < -0.39 is 5.92 Å². The van der Waals surface area contributed by atoms with Crippen molar-refractivity contribution in [1.29, 1.82) is 0 Å². The van der Waals surface area contributed by atoms with Crippen molar-refractivity contribution in [1.82, 2.24) is 4.90 Å². The van der Waals surface area contributed by atoms with Gasteiger partial charge >= 0.3 is 0 Å². The Labute approximate surface area is 116 Å². The molecular weight excluding hydrogens is 273 g/mol. The zero-order chi connectivity index (χ0) is 13.4. The van der Waals surface area contributed by atoms with Crippen LogP contribution in [0.3, 0.4) is 0 Å². The quantitative estimate of drug-likeness (QED) is 0.784. The lowest BCUT2D eigenvalue weighted by molar-refractivity contribution is -0.130. The van der Waals surface area contributed by atoms with Crippen LogP contribution in [0.5, 0.6) is 0 Å². The average Bonchev–Trinajstić information content (AvgIpc) is 2.56. The summed E-state index contributed by atoms with van der Waals surface area (Å²) in [5.41, 5.74) is 0.430. The van der Waals surface area contributed by atoms with Crippen LogP contribution in [0.4, 0.5) is 0 Å². The summed E-state index contributed by atoms with van der Waals surface area (Å²) in [6.45, 7) is 3.88. The Morgan fingerprint density at radius 1 is 1.22 bits per heavy atom. The van der Waals surface area contributed by atoms with E-state index in [0.717, 1.165) is 0 Å². The molecule has 1 aliphatic rings. The van der Waals surface area contributed by atoms with Crippen molar-refractivity contribution in [2.45, 2.75) is 25.8 Å². The molecule has 1 fully saturated rings. The van der Waals surface area contributed by atoms with Crippen molar-refractivity contribution in [3.05, 3.63) is 33.8 Å². The summed E-state index contributed by atoms with van der Waals surface area (Å²) in [4.78, 5) is 25.8. The lowest BCUT2D eigenvalue weighted by Crippen LogP contribution is -2.33. The Bertz CT molecular complexity index is 493. The third kappa shape index (κ3) is 2.13. The van der Waals surface area contributed by atoms with Gasteiger partial charge in [-0.15, -0.1) is 0 Å². The van der Waals surface area contributed by atoms with E-state index >= 15 is 0 Å². The highest BCUT2D eigenvalue weighted by molar-refractivity contribution is 6.37. The molecule has 1 aliphatic heterocycles. The Morgan fingerprint density at radius 2 is 1.78 bits per heavy atom. The molecule has 0 spiro atoms. The fourth-order valence-corrected chi connectivity index (χ4v) is 2.76. The Balaban J connectivity index is 2.46. The van der Waals surface area contributed by atoms with Gasteiger partial charge in [0, 0.05) is 21.7 Å². The summed E-state index contributed by atoms with van der Waals surface area (Å²) >= 11 is 12.1. The van der Waals surface area contributed by atoms with Gasteiger partial charge in [0.1, 0.15) is 5.92 Å². The molecule has 1 unspecified atom stereocenters. The minimum atomic E-state index is -0.853.